The maximum Gasteiger partial charge on any atom is 0.220 e. The molecule has 142 valence electrons. The zero-order valence-corrected chi connectivity index (χ0v) is 12.9. The molecule has 1 aliphatic heterocycles. The molecule has 24 heavy (non-hydrogen) atoms. The molecular weight excluding hydrogens is 330 g/mol. The van der Waals surface area contributed by atoms with Crippen molar-refractivity contribution >= 4 is 5.91 Å². The van der Waals surface area contributed by atoms with Crippen molar-refractivity contribution in [2.24, 2.45) is 5.73 Å². The van der Waals surface area contributed by atoms with Crippen LogP contribution in [-0.4, -0.2) is 104 Å². The van der Waals surface area contributed by atoms with Crippen molar-refractivity contribution in [3.8, 4) is 0 Å². The van der Waals surface area contributed by atoms with E-state index in [4.69, 9.17) is 25.4 Å². The third kappa shape index (κ3) is 5.31. The summed E-state index contributed by atoms with van der Waals surface area (Å²) in [5.41, 5.74) is 4.93. The van der Waals surface area contributed by atoms with Crippen LogP contribution in [0.3, 0.4) is 0 Å². The highest BCUT2D eigenvalue weighted by Crippen LogP contribution is 2.25. The topological polar surface area (TPSA) is 203 Å². The SMILES string of the molecule is NC(=O)C[C@@H](O)[C@@H](O)[C@H](CCO)O[C@H]1O[C@H](CO)[C@H](O)[C@H](O)[C@H]1O. The molecule has 1 fully saturated rings. The van der Waals surface area contributed by atoms with E-state index in [-0.39, 0.29) is 6.42 Å². The molecule has 0 saturated carbocycles. The van der Waals surface area contributed by atoms with Gasteiger partial charge in [-0.25, -0.2) is 0 Å². The highest BCUT2D eigenvalue weighted by atomic mass is 16.7. The smallest absolute Gasteiger partial charge is 0.220 e. The van der Waals surface area contributed by atoms with Crippen LogP contribution in [0.25, 0.3) is 0 Å². The predicted octanol–water partition coefficient (Wildman–Crippen LogP) is -4.85. The number of aliphatic hydroxyl groups is 7. The van der Waals surface area contributed by atoms with Gasteiger partial charge in [-0.15, -0.1) is 0 Å². The Hall–Kier alpha value is -0.890. The van der Waals surface area contributed by atoms with Gasteiger partial charge in [0, 0.05) is 6.61 Å². The van der Waals surface area contributed by atoms with Gasteiger partial charge in [-0.1, -0.05) is 0 Å². The molecular formula is C13H25NO10. The van der Waals surface area contributed by atoms with Gasteiger partial charge in [0.05, 0.1) is 25.2 Å². The standard InChI is InChI=1S/C13H25NO10/c14-8(18)3-5(17)9(19)6(1-2-15)23-13-12(22)11(21)10(20)7(4-16)24-13/h5-7,9-13,15-17,19-22H,1-4H2,(H2,14,18)/t5-,6+,7-,9-,10+,11+,12-,13+/m1/s1. The van der Waals surface area contributed by atoms with E-state index >= 15 is 0 Å². The van der Waals surface area contributed by atoms with E-state index in [1.54, 1.807) is 0 Å². The number of aliphatic hydroxyl groups excluding tert-OH is 7. The van der Waals surface area contributed by atoms with E-state index in [2.05, 4.69) is 0 Å². The number of ether oxygens (including phenoxy) is 2. The maximum absolute atomic E-state index is 10.8. The van der Waals surface area contributed by atoms with Gasteiger partial charge in [0.15, 0.2) is 6.29 Å². The summed E-state index contributed by atoms with van der Waals surface area (Å²) in [4.78, 5) is 10.8. The van der Waals surface area contributed by atoms with Crippen molar-refractivity contribution in [3.63, 3.8) is 0 Å². The van der Waals surface area contributed by atoms with Gasteiger partial charge in [-0.3, -0.25) is 4.79 Å². The number of hydrogen-bond acceptors (Lipinski definition) is 10. The normalized spacial score (nSPS) is 34.5. The van der Waals surface area contributed by atoms with E-state index in [0.717, 1.165) is 0 Å². The molecule has 0 bridgehead atoms. The van der Waals surface area contributed by atoms with Crippen LogP contribution in [0.2, 0.25) is 0 Å². The van der Waals surface area contributed by atoms with Gasteiger partial charge in [-0.05, 0) is 6.42 Å². The number of hydrogen-bond donors (Lipinski definition) is 8. The Balaban J connectivity index is 2.80. The number of carbonyl (C=O) groups is 1. The van der Waals surface area contributed by atoms with Crippen molar-refractivity contribution < 1.29 is 50.0 Å². The lowest BCUT2D eigenvalue weighted by atomic mass is 9.98. The van der Waals surface area contributed by atoms with Gasteiger partial charge in [0.1, 0.15) is 30.5 Å². The second-order valence-electron chi connectivity index (χ2n) is 5.61. The first-order valence-corrected chi connectivity index (χ1v) is 7.44. The minimum absolute atomic E-state index is 0.188. The van der Waals surface area contributed by atoms with Crippen LogP contribution < -0.4 is 5.73 Å². The minimum atomic E-state index is -1.70. The molecule has 1 rings (SSSR count). The number of carbonyl (C=O) groups excluding carboxylic acids is 1. The second-order valence-corrected chi connectivity index (χ2v) is 5.61. The average Bonchev–Trinajstić information content (AvgIpc) is 2.53. The average molecular weight is 355 g/mol. The van der Waals surface area contributed by atoms with Crippen molar-refractivity contribution in [2.45, 2.75) is 61.9 Å². The Labute approximate surface area is 137 Å². The summed E-state index contributed by atoms with van der Waals surface area (Å²) in [5.74, 6) is -0.864. The van der Waals surface area contributed by atoms with Crippen molar-refractivity contribution in [2.75, 3.05) is 13.2 Å². The summed E-state index contributed by atoms with van der Waals surface area (Å²) in [6, 6.07) is 0. The molecule has 11 nitrogen and oxygen atoms in total. The summed E-state index contributed by atoms with van der Waals surface area (Å²) in [5, 5.41) is 67.1. The Kier molecular flexibility index (Phi) is 8.42. The van der Waals surface area contributed by atoms with Crippen LogP contribution in [0.4, 0.5) is 0 Å². The van der Waals surface area contributed by atoms with Crippen LogP contribution >= 0.6 is 0 Å². The molecule has 0 aromatic heterocycles. The zero-order valence-electron chi connectivity index (χ0n) is 12.9. The van der Waals surface area contributed by atoms with Crippen LogP contribution in [0, 0.1) is 0 Å². The second kappa shape index (κ2) is 9.56. The lowest BCUT2D eigenvalue weighted by molar-refractivity contribution is -0.320. The van der Waals surface area contributed by atoms with Crippen molar-refractivity contribution in [3.05, 3.63) is 0 Å². The molecule has 1 saturated heterocycles. The first kappa shape index (κ1) is 21.2. The van der Waals surface area contributed by atoms with Gasteiger partial charge in [0.2, 0.25) is 5.91 Å². The molecule has 9 N–H and O–H groups in total. The molecule has 11 heteroatoms. The molecule has 8 atom stereocenters. The highest BCUT2D eigenvalue weighted by Gasteiger charge is 2.45. The lowest BCUT2D eigenvalue weighted by Crippen LogP contribution is -2.60. The third-order valence-corrected chi connectivity index (χ3v) is 3.76. The molecule has 1 amide bonds. The third-order valence-electron chi connectivity index (χ3n) is 3.76. The fraction of sp³-hybridized carbons (Fsp3) is 0.923. The fourth-order valence-electron chi connectivity index (χ4n) is 2.37. The number of rotatable bonds is 9. The van der Waals surface area contributed by atoms with Crippen molar-refractivity contribution in [1.82, 2.24) is 0 Å². The molecule has 0 aromatic rings. The first-order chi connectivity index (χ1) is 11.2. The number of amides is 1. The molecule has 1 heterocycles. The van der Waals surface area contributed by atoms with Gasteiger partial charge >= 0.3 is 0 Å². The Morgan fingerprint density at radius 3 is 2.25 bits per heavy atom. The molecule has 0 spiro atoms. The predicted molar refractivity (Wildman–Crippen MR) is 76.2 cm³/mol. The first-order valence-electron chi connectivity index (χ1n) is 7.44. The van der Waals surface area contributed by atoms with E-state index in [9.17, 15) is 30.3 Å². The van der Waals surface area contributed by atoms with E-state index in [0.29, 0.717) is 0 Å². The maximum atomic E-state index is 10.8. The van der Waals surface area contributed by atoms with Crippen LogP contribution in [0.15, 0.2) is 0 Å². The van der Waals surface area contributed by atoms with Crippen molar-refractivity contribution in [1.29, 1.82) is 0 Å². The molecule has 0 radical (unpaired) electrons. The molecule has 1 aliphatic rings. The fourth-order valence-corrected chi connectivity index (χ4v) is 2.37. The quantitative estimate of drug-likeness (QED) is 0.198. The monoisotopic (exact) mass is 355 g/mol. The molecule has 0 aliphatic carbocycles. The lowest BCUT2D eigenvalue weighted by Gasteiger charge is -2.41. The van der Waals surface area contributed by atoms with Crippen LogP contribution in [0.1, 0.15) is 12.8 Å². The van der Waals surface area contributed by atoms with Crippen LogP contribution in [0.5, 0.6) is 0 Å². The number of nitrogens with two attached hydrogens (primary N) is 1. The summed E-state index contributed by atoms with van der Waals surface area (Å²) >= 11 is 0. The summed E-state index contributed by atoms with van der Waals surface area (Å²) in [6.45, 7) is -1.12. The van der Waals surface area contributed by atoms with Gasteiger partial charge in [0.25, 0.3) is 0 Å². The number of primary amides is 1. The van der Waals surface area contributed by atoms with E-state index in [1.165, 1.54) is 0 Å². The minimum Gasteiger partial charge on any atom is -0.396 e. The Morgan fingerprint density at radius 2 is 1.75 bits per heavy atom. The Bertz CT molecular complexity index is 395. The molecule has 0 aromatic carbocycles. The highest BCUT2D eigenvalue weighted by molar-refractivity contribution is 5.74. The summed E-state index contributed by atoms with van der Waals surface area (Å²) in [6.07, 6.45) is -13.0. The largest absolute Gasteiger partial charge is 0.396 e. The zero-order chi connectivity index (χ0) is 18.4. The Morgan fingerprint density at radius 1 is 1.12 bits per heavy atom. The van der Waals surface area contributed by atoms with Gasteiger partial charge in [-0.2, -0.15) is 0 Å². The molecule has 0 unspecified atom stereocenters. The van der Waals surface area contributed by atoms with E-state index < -0.39 is 74.6 Å². The van der Waals surface area contributed by atoms with Gasteiger partial charge < -0.3 is 51.0 Å². The van der Waals surface area contributed by atoms with Crippen LogP contribution in [-0.2, 0) is 14.3 Å². The summed E-state index contributed by atoms with van der Waals surface area (Å²) < 4.78 is 10.4. The van der Waals surface area contributed by atoms with E-state index in [1.807, 2.05) is 0 Å². The summed E-state index contributed by atoms with van der Waals surface area (Å²) in [7, 11) is 0.